The van der Waals surface area contributed by atoms with Crippen LogP contribution in [0.25, 0.3) is 0 Å². The number of carbonyl (C=O) groups excluding carboxylic acids is 3. The number of nitrogens with one attached hydrogen (secondary N) is 3. The van der Waals surface area contributed by atoms with Gasteiger partial charge in [-0.25, -0.2) is 9.18 Å². The minimum absolute atomic E-state index is 0.107. The molecular formula is C23H29FN4O4. The summed E-state index contributed by atoms with van der Waals surface area (Å²) in [7, 11) is 3.30. The standard InChI is InChI=1S/C23H29FN4O4/c1-4-19(18-7-5-6-8-20(18)32-15-22(30)28(2)3)27-21(29)14-26-23(31)25-13-16-9-11-17(24)12-10-16/h5-12,19H,4,13-15H2,1-3H3,(H,27,29)(H2,25,26,31). The van der Waals surface area contributed by atoms with Crippen LogP contribution in [0.3, 0.4) is 0 Å². The van der Waals surface area contributed by atoms with Crippen LogP contribution in [-0.4, -0.2) is 50.0 Å². The summed E-state index contributed by atoms with van der Waals surface area (Å²) in [5, 5.41) is 7.98. The summed E-state index contributed by atoms with van der Waals surface area (Å²) in [6.07, 6.45) is 0.588. The number of halogens is 1. The first-order valence-corrected chi connectivity index (χ1v) is 10.3. The van der Waals surface area contributed by atoms with Gasteiger partial charge in [0.25, 0.3) is 5.91 Å². The third kappa shape index (κ3) is 7.90. The topological polar surface area (TPSA) is 99.8 Å². The molecule has 172 valence electrons. The summed E-state index contributed by atoms with van der Waals surface area (Å²) >= 11 is 0. The Bertz CT molecular complexity index is 918. The molecule has 0 aliphatic heterocycles. The summed E-state index contributed by atoms with van der Waals surface area (Å²) in [4.78, 5) is 37.6. The number of hydrogen-bond donors (Lipinski definition) is 3. The maximum absolute atomic E-state index is 12.9. The zero-order chi connectivity index (χ0) is 23.5. The molecule has 2 rings (SSSR count). The molecule has 0 radical (unpaired) electrons. The smallest absolute Gasteiger partial charge is 0.315 e. The lowest BCUT2D eigenvalue weighted by atomic mass is 10.0. The van der Waals surface area contributed by atoms with Crippen molar-refractivity contribution in [3.05, 3.63) is 65.5 Å². The Morgan fingerprint density at radius 2 is 1.72 bits per heavy atom. The van der Waals surface area contributed by atoms with E-state index in [9.17, 15) is 18.8 Å². The van der Waals surface area contributed by atoms with Crippen molar-refractivity contribution in [1.82, 2.24) is 20.9 Å². The van der Waals surface area contributed by atoms with E-state index in [0.717, 1.165) is 11.1 Å². The SMILES string of the molecule is CCC(NC(=O)CNC(=O)NCc1ccc(F)cc1)c1ccccc1OCC(=O)N(C)C. The molecule has 1 unspecified atom stereocenters. The fraction of sp³-hybridized carbons (Fsp3) is 0.348. The third-order valence-electron chi connectivity index (χ3n) is 4.66. The first-order valence-electron chi connectivity index (χ1n) is 10.3. The lowest BCUT2D eigenvalue weighted by Crippen LogP contribution is -2.42. The molecule has 0 spiro atoms. The molecule has 0 heterocycles. The van der Waals surface area contributed by atoms with E-state index < -0.39 is 6.03 Å². The highest BCUT2D eigenvalue weighted by Gasteiger charge is 2.18. The molecule has 0 aromatic heterocycles. The molecule has 4 amide bonds. The van der Waals surface area contributed by atoms with Gasteiger partial charge in [-0.1, -0.05) is 37.3 Å². The fourth-order valence-corrected chi connectivity index (χ4v) is 2.82. The highest BCUT2D eigenvalue weighted by molar-refractivity contribution is 5.84. The molecule has 9 heteroatoms. The zero-order valence-electron chi connectivity index (χ0n) is 18.5. The van der Waals surface area contributed by atoms with Crippen molar-refractivity contribution in [2.24, 2.45) is 0 Å². The molecule has 0 fully saturated rings. The van der Waals surface area contributed by atoms with Gasteiger partial charge in [-0.2, -0.15) is 0 Å². The van der Waals surface area contributed by atoms with E-state index in [2.05, 4.69) is 16.0 Å². The van der Waals surface area contributed by atoms with E-state index in [0.29, 0.717) is 12.2 Å². The average Bonchev–Trinajstić information content (AvgIpc) is 2.79. The van der Waals surface area contributed by atoms with E-state index in [1.54, 1.807) is 38.4 Å². The number of urea groups is 1. The van der Waals surface area contributed by atoms with Crippen LogP contribution in [0.4, 0.5) is 9.18 Å². The Labute approximate surface area is 187 Å². The molecule has 2 aromatic carbocycles. The molecule has 3 N–H and O–H groups in total. The molecule has 0 aliphatic rings. The average molecular weight is 445 g/mol. The number of nitrogens with zero attached hydrogens (tertiary/aromatic N) is 1. The first kappa shape index (κ1) is 24.6. The van der Waals surface area contributed by atoms with Crippen LogP contribution in [0.2, 0.25) is 0 Å². The van der Waals surface area contributed by atoms with Crippen molar-refractivity contribution < 1.29 is 23.5 Å². The van der Waals surface area contributed by atoms with Gasteiger partial charge < -0.3 is 25.6 Å². The number of likely N-dealkylation sites (N-methyl/N-ethyl adjacent to an activating group) is 1. The van der Waals surface area contributed by atoms with Gasteiger partial charge in [0.1, 0.15) is 11.6 Å². The predicted octanol–water partition coefficient (Wildman–Crippen LogP) is 2.36. The minimum atomic E-state index is -0.511. The maximum atomic E-state index is 12.9. The van der Waals surface area contributed by atoms with Gasteiger partial charge in [0.2, 0.25) is 5.91 Å². The van der Waals surface area contributed by atoms with Gasteiger partial charge in [-0.15, -0.1) is 0 Å². The van der Waals surface area contributed by atoms with E-state index in [1.807, 2.05) is 19.1 Å². The number of para-hydroxylation sites is 1. The van der Waals surface area contributed by atoms with Gasteiger partial charge in [-0.3, -0.25) is 9.59 Å². The largest absolute Gasteiger partial charge is 0.483 e. The highest BCUT2D eigenvalue weighted by Crippen LogP contribution is 2.27. The Hall–Kier alpha value is -3.62. The Morgan fingerprint density at radius 3 is 2.38 bits per heavy atom. The molecule has 0 saturated heterocycles. The quantitative estimate of drug-likeness (QED) is 0.524. The maximum Gasteiger partial charge on any atom is 0.315 e. The summed E-state index contributed by atoms with van der Waals surface area (Å²) in [6.45, 7) is 1.80. The van der Waals surface area contributed by atoms with E-state index >= 15 is 0 Å². The van der Waals surface area contributed by atoms with Crippen molar-refractivity contribution in [3.63, 3.8) is 0 Å². The molecular weight excluding hydrogens is 415 g/mol. The third-order valence-corrected chi connectivity index (χ3v) is 4.66. The van der Waals surface area contributed by atoms with Crippen LogP contribution >= 0.6 is 0 Å². The molecule has 0 saturated carbocycles. The summed E-state index contributed by atoms with van der Waals surface area (Å²) < 4.78 is 18.6. The normalized spacial score (nSPS) is 11.2. The second-order valence-corrected chi connectivity index (χ2v) is 7.31. The van der Waals surface area contributed by atoms with Crippen LogP contribution < -0.4 is 20.7 Å². The van der Waals surface area contributed by atoms with Crippen molar-refractivity contribution in [2.45, 2.75) is 25.9 Å². The summed E-state index contributed by atoms with van der Waals surface area (Å²) in [6, 6.07) is 12.1. The van der Waals surface area contributed by atoms with Crippen LogP contribution in [0.5, 0.6) is 5.75 Å². The van der Waals surface area contributed by atoms with Gasteiger partial charge in [0, 0.05) is 26.2 Å². The number of hydrogen-bond acceptors (Lipinski definition) is 4. The first-order chi connectivity index (χ1) is 15.3. The van der Waals surface area contributed by atoms with Crippen molar-refractivity contribution in [3.8, 4) is 5.75 Å². The molecule has 0 bridgehead atoms. The van der Waals surface area contributed by atoms with Gasteiger partial charge in [0.15, 0.2) is 6.61 Å². The van der Waals surface area contributed by atoms with Crippen molar-refractivity contribution >= 4 is 17.8 Å². The Morgan fingerprint density at radius 1 is 1.03 bits per heavy atom. The van der Waals surface area contributed by atoms with Crippen LogP contribution in [-0.2, 0) is 16.1 Å². The van der Waals surface area contributed by atoms with Crippen LogP contribution in [0.1, 0.15) is 30.5 Å². The predicted molar refractivity (Wildman–Crippen MR) is 118 cm³/mol. The van der Waals surface area contributed by atoms with Crippen molar-refractivity contribution in [2.75, 3.05) is 27.2 Å². The molecule has 2 aromatic rings. The minimum Gasteiger partial charge on any atom is -0.483 e. The summed E-state index contributed by atoms with van der Waals surface area (Å²) in [5.74, 6) is -0.378. The second kappa shape index (κ2) is 12.3. The van der Waals surface area contributed by atoms with E-state index in [-0.39, 0.29) is 43.4 Å². The lowest BCUT2D eigenvalue weighted by molar-refractivity contribution is -0.130. The van der Waals surface area contributed by atoms with E-state index in [1.165, 1.54) is 17.0 Å². The molecule has 8 nitrogen and oxygen atoms in total. The number of carbonyl (C=O) groups is 3. The number of benzene rings is 2. The number of ether oxygens (including phenoxy) is 1. The van der Waals surface area contributed by atoms with Crippen molar-refractivity contribution in [1.29, 1.82) is 0 Å². The van der Waals surface area contributed by atoms with E-state index in [4.69, 9.17) is 4.74 Å². The Balaban J connectivity index is 1.86. The Kier molecular flexibility index (Phi) is 9.46. The second-order valence-electron chi connectivity index (χ2n) is 7.31. The molecule has 0 aliphatic carbocycles. The van der Waals surface area contributed by atoms with Gasteiger partial charge >= 0.3 is 6.03 Å². The molecule has 32 heavy (non-hydrogen) atoms. The number of amides is 4. The number of rotatable bonds is 10. The lowest BCUT2D eigenvalue weighted by Gasteiger charge is -2.21. The van der Waals surface area contributed by atoms with Gasteiger partial charge in [-0.05, 0) is 30.2 Å². The van der Waals surface area contributed by atoms with Crippen LogP contribution in [0.15, 0.2) is 48.5 Å². The molecule has 1 atom stereocenters. The fourth-order valence-electron chi connectivity index (χ4n) is 2.82. The monoisotopic (exact) mass is 444 g/mol. The zero-order valence-corrected chi connectivity index (χ0v) is 18.5. The summed E-state index contributed by atoms with van der Waals surface area (Å²) in [5.41, 5.74) is 1.48. The highest BCUT2D eigenvalue weighted by atomic mass is 19.1. The van der Waals surface area contributed by atoms with Gasteiger partial charge in [0.05, 0.1) is 12.6 Å². The van der Waals surface area contributed by atoms with Crippen LogP contribution in [0, 0.1) is 5.82 Å².